The molecule has 3 aliphatic rings. The highest BCUT2D eigenvalue weighted by atomic mass is 32.2. The van der Waals surface area contributed by atoms with E-state index >= 15 is 0 Å². The number of hydrogen-bond donors (Lipinski definition) is 0. The molecule has 314 valence electrons. The van der Waals surface area contributed by atoms with Gasteiger partial charge in [0.25, 0.3) is 6.71 Å². The number of fused-ring (bicyclic) bond motifs is 13. The van der Waals surface area contributed by atoms with E-state index in [2.05, 4.69) is 226 Å². The molecular formula is C58H46BN3OS2. The predicted molar refractivity (Wildman–Crippen MR) is 279 cm³/mol. The Bertz CT molecular complexity index is 3590. The number of benzene rings is 8. The Morgan fingerprint density at radius 3 is 1.82 bits per heavy atom. The molecule has 0 saturated heterocycles. The molecule has 4 nitrogen and oxygen atoms in total. The molecule has 5 heterocycles. The zero-order valence-corrected chi connectivity index (χ0v) is 38.9. The minimum Gasteiger partial charge on any atom is -0.454 e. The first-order valence-electron chi connectivity index (χ1n) is 22.6. The van der Waals surface area contributed by atoms with Crippen molar-refractivity contribution in [3.05, 3.63) is 181 Å². The molecule has 0 unspecified atom stereocenters. The van der Waals surface area contributed by atoms with Gasteiger partial charge in [-0.15, -0.1) is 11.3 Å². The van der Waals surface area contributed by atoms with Crippen molar-refractivity contribution in [2.75, 3.05) is 14.7 Å². The lowest BCUT2D eigenvalue weighted by Crippen LogP contribution is -2.60. The molecule has 2 aromatic heterocycles. The lowest BCUT2D eigenvalue weighted by atomic mass is 9.36. The Hall–Kier alpha value is -6.67. The van der Waals surface area contributed by atoms with Crippen molar-refractivity contribution in [3.63, 3.8) is 0 Å². The Morgan fingerprint density at radius 2 is 1.06 bits per heavy atom. The summed E-state index contributed by atoms with van der Waals surface area (Å²) < 4.78 is 9.50. The molecule has 3 aliphatic heterocycles. The smallest absolute Gasteiger partial charge is 0.264 e. The highest BCUT2D eigenvalue weighted by Gasteiger charge is 2.46. The molecule has 0 radical (unpaired) electrons. The summed E-state index contributed by atoms with van der Waals surface area (Å²) in [6.07, 6.45) is 0. The first-order valence-corrected chi connectivity index (χ1v) is 24.3. The van der Waals surface area contributed by atoms with E-state index in [1.165, 1.54) is 80.8 Å². The van der Waals surface area contributed by atoms with Crippen molar-refractivity contribution in [1.82, 2.24) is 0 Å². The highest BCUT2D eigenvalue weighted by molar-refractivity contribution is 7.99. The van der Waals surface area contributed by atoms with E-state index in [9.17, 15) is 0 Å². The van der Waals surface area contributed by atoms with Gasteiger partial charge in [-0.2, -0.15) is 0 Å². The van der Waals surface area contributed by atoms with Gasteiger partial charge in [0.05, 0.1) is 22.7 Å². The van der Waals surface area contributed by atoms with Gasteiger partial charge < -0.3 is 19.1 Å². The second-order valence-electron chi connectivity index (χ2n) is 19.8. The number of anilines is 9. The van der Waals surface area contributed by atoms with Gasteiger partial charge in [-0.05, 0) is 112 Å². The maximum Gasteiger partial charge on any atom is 0.264 e. The van der Waals surface area contributed by atoms with Crippen LogP contribution in [0.15, 0.2) is 184 Å². The molecule has 0 atom stereocenters. The molecular weight excluding hydrogens is 830 g/mol. The van der Waals surface area contributed by atoms with Crippen LogP contribution in [0.2, 0.25) is 0 Å². The van der Waals surface area contributed by atoms with E-state index in [-0.39, 0.29) is 17.5 Å². The zero-order valence-electron chi connectivity index (χ0n) is 37.3. The summed E-state index contributed by atoms with van der Waals surface area (Å²) in [6, 6.07) is 63.5. The fourth-order valence-corrected chi connectivity index (χ4v) is 13.0. The summed E-state index contributed by atoms with van der Waals surface area (Å²) in [5.74, 6) is 0. The number of nitrogens with zero attached hydrogens (tertiary/aromatic N) is 3. The van der Waals surface area contributed by atoms with Crippen molar-refractivity contribution < 1.29 is 4.42 Å². The Labute approximate surface area is 388 Å². The van der Waals surface area contributed by atoms with Gasteiger partial charge in [-0.3, -0.25) is 0 Å². The van der Waals surface area contributed by atoms with Crippen LogP contribution in [0.4, 0.5) is 51.2 Å². The maximum absolute atomic E-state index is 6.79. The molecule has 7 heteroatoms. The largest absolute Gasteiger partial charge is 0.454 e. The summed E-state index contributed by atoms with van der Waals surface area (Å²) in [5.41, 5.74) is 17.6. The normalized spacial score (nSPS) is 14.1. The molecule has 0 N–H and O–H groups in total. The number of hydrogen-bond acceptors (Lipinski definition) is 6. The summed E-state index contributed by atoms with van der Waals surface area (Å²) >= 11 is 3.80. The molecule has 0 saturated carbocycles. The fourth-order valence-electron chi connectivity index (χ4n) is 10.5. The van der Waals surface area contributed by atoms with Crippen molar-refractivity contribution in [2.45, 2.75) is 62.2 Å². The minimum absolute atomic E-state index is 0.0133. The SMILES string of the molecule is CC(C)(C)c1ccc(N2c3cccc4c3B(c3ccc5cc3N4c3ccccc3Sc3ccccc3N5c3cccc4c3oc3ccccc34)c3sc4cc(C(C)(C)C)ccc4c32)cc1. The van der Waals surface area contributed by atoms with E-state index < -0.39 is 0 Å². The Kier molecular flexibility index (Phi) is 8.30. The predicted octanol–water partition coefficient (Wildman–Crippen LogP) is 15.4. The second-order valence-corrected chi connectivity index (χ2v) is 21.9. The van der Waals surface area contributed by atoms with Gasteiger partial charge in [-0.25, -0.2) is 0 Å². The Morgan fingerprint density at radius 1 is 0.462 bits per heavy atom. The quantitative estimate of drug-likeness (QED) is 0.161. The van der Waals surface area contributed by atoms with E-state index in [0.29, 0.717) is 0 Å². The lowest BCUT2D eigenvalue weighted by molar-refractivity contribution is 0.590. The standard InChI is InChI=1S/C58H46BN3OS2/c1-57(2,3)35-25-28-37(29-26-35)61-45-19-14-20-46-53(45)59(56-54(61)41-31-27-36(58(4,5)6)33-52(41)65-56)42-32-30-38-34-48(42)62(46)44-18-9-12-24-51(44)64-50-23-11-8-17-43(50)60(38)47-21-13-16-40-39-15-7-10-22-49(39)63-55(40)47/h7-34H,1-6H3. The molecule has 2 bridgehead atoms. The first-order chi connectivity index (χ1) is 31.5. The van der Waals surface area contributed by atoms with Gasteiger partial charge in [-0.1, -0.05) is 144 Å². The maximum atomic E-state index is 6.79. The van der Waals surface area contributed by atoms with E-state index in [4.69, 9.17) is 4.42 Å². The molecule has 0 spiro atoms. The van der Waals surface area contributed by atoms with E-state index in [1.54, 1.807) is 0 Å². The van der Waals surface area contributed by atoms with Crippen molar-refractivity contribution in [2.24, 2.45) is 0 Å². The minimum atomic E-state index is 0.0133. The van der Waals surface area contributed by atoms with Gasteiger partial charge >= 0.3 is 0 Å². The van der Waals surface area contributed by atoms with Crippen molar-refractivity contribution >= 4 is 129 Å². The highest BCUT2D eigenvalue weighted by Crippen LogP contribution is 2.54. The summed E-state index contributed by atoms with van der Waals surface area (Å²) in [4.78, 5) is 9.91. The third-order valence-corrected chi connectivity index (χ3v) is 16.1. The number of furan rings is 1. The van der Waals surface area contributed by atoms with Crippen LogP contribution >= 0.6 is 23.1 Å². The van der Waals surface area contributed by atoms with Gasteiger partial charge in [0, 0.05) is 63.9 Å². The van der Waals surface area contributed by atoms with Crippen LogP contribution in [0.1, 0.15) is 52.7 Å². The average Bonchev–Trinajstić information content (AvgIpc) is 3.88. The molecule has 8 aromatic carbocycles. The fraction of sp³-hybridized carbons (Fsp3) is 0.138. The van der Waals surface area contributed by atoms with Crippen LogP contribution in [-0.4, -0.2) is 6.71 Å². The van der Waals surface area contributed by atoms with Crippen LogP contribution in [0, 0.1) is 0 Å². The molecule has 0 aliphatic carbocycles. The van der Waals surface area contributed by atoms with E-state index in [1.807, 2.05) is 23.1 Å². The lowest BCUT2D eigenvalue weighted by Gasteiger charge is -2.44. The monoisotopic (exact) mass is 875 g/mol. The van der Waals surface area contributed by atoms with Crippen molar-refractivity contribution in [3.8, 4) is 0 Å². The molecule has 10 aromatic rings. The van der Waals surface area contributed by atoms with Crippen molar-refractivity contribution in [1.29, 1.82) is 0 Å². The molecule has 0 amide bonds. The van der Waals surface area contributed by atoms with E-state index in [0.717, 1.165) is 39.0 Å². The summed E-state index contributed by atoms with van der Waals surface area (Å²) in [7, 11) is 0. The third-order valence-electron chi connectivity index (χ3n) is 13.7. The molecule has 65 heavy (non-hydrogen) atoms. The molecule has 13 rings (SSSR count). The van der Waals surface area contributed by atoms with Crippen LogP contribution in [0.3, 0.4) is 0 Å². The third kappa shape index (κ3) is 5.78. The zero-order chi connectivity index (χ0) is 43.9. The van der Waals surface area contributed by atoms with Gasteiger partial charge in [0.15, 0.2) is 5.58 Å². The second kappa shape index (κ2) is 13.9. The number of rotatable bonds is 2. The number of para-hydroxylation sites is 4. The summed E-state index contributed by atoms with van der Waals surface area (Å²) in [5, 5.41) is 3.53. The van der Waals surface area contributed by atoms with Crippen LogP contribution < -0.4 is 30.4 Å². The average molecular weight is 876 g/mol. The summed E-state index contributed by atoms with van der Waals surface area (Å²) in [6.45, 7) is 13.8. The van der Waals surface area contributed by atoms with Crippen LogP contribution in [0.5, 0.6) is 0 Å². The topological polar surface area (TPSA) is 22.9 Å². The van der Waals surface area contributed by atoms with Crippen LogP contribution in [0.25, 0.3) is 32.0 Å². The first kappa shape index (κ1) is 38.8. The van der Waals surface area contributed by atoms with Gasteiger partial charge in [0.1, 0.15) is 5.58 Å². The molecule has 0 fully saturated rings. The number of thiophene rings is 1. The van der Waals surface area contributed by atoms with Gasteiger partial charge in [0.2, 0.25) is 0 Å². The Balaban J connectivity index is 1.11. The van der Waals surface area contributed by atoms with Crippen LogP contribution in [-0.2, 0) is 10.8 Å².